The highest BCUT2D eigenvalue weighted by Gasteiger charge is 2.03. The van der Waals surface area contributed by atoms with Gasteiger partial charge in [-0.3, -0.25) is 4.79 Å². The molecule has 0 amide bonds. The standard InChI is InChI=1S/C9H7IN4OS/c1-5-2-7(15)14-9(13-5)16-8-11-3-6(10)4-12-8/h2-4H,1H3,(H,13,14,15). The normalized spacial score (nSPS) is 10.4. The summed E-state index contributed by atoms with van der Waals surface area (Å²) in [6.45, 7) is 1.77. The van der Waals surface area contributed by atoms with Crippen LogP contribution in [0.2, 0.25) is 0 Å². The van der Waals surface area contributed by atoms with E-state index in [0.717, 1.165) is 3.57 Å². The third-order valence-corrected chi connectivity index (χ3v) is 2.97. The number of aryl methyl sites for hydroxylation is 1. The molecule has 0 bridgehead atoms. The minimum Gasteiger partial charge on any atom is -0.301 e. The number of halogens is 1. The van der Waals surface area contributed by atoms with Crippen LogP contribution < -0.4 is 5.56 Å². The molecule has 16 heavy (non-hydrogen) atoms. The Labute approximate surface area is 109 Å². The average molecular weight is 346 g/mol. The van der Waals surface area contributed by atoms with E-state index in [1.54, 1.807) is 19.3 Å². The van der Waals surface area contributed by atoms with Crippen molar-refractivity contribution in [3.05, 3.63) is 38.1 Å². The molecule has 0 atom stereocenters. The molecule has 2 rings (SSSR count). The molecule has 0 aromatic carbocycles. The number of nitrogens with one attached hydrogen (secondary N) is 1. The lowest BCUT2D eigenvalue weighted by atomic mass is 10.5. The van der Waals surface area contributed by atoms with Crippen LogP contribution in [-0.2, 0) is 0 Å². The van der Waals surface area contributed by atoms with E-state index in [1.807, 2.05) is 0 Å². The Bertz CT molecular complexity index is 554. The summed E-state index contributed by atoms with van der Waals surface area (Å²) in [7, 11) is 0. The van der Waals surface area contributed by atoms with E-state index in [4.69, 9.17) is 0 Å². The van der Waals surface area contributed by atoms with Gasteiger partial charge in [0.1, 0.15) is 0 Å². The Balaban J connectivity index is 2.26. The Hall–Kier alpha value is -0.960. The lowest BCUT2D eigenvalue weighted by molar-refractivity contribution is 0.887. The van der Waals surface area contributed by atoms with Crippen LogP contribution in [0, 0.1) is 10.5 Å². The van der Waals surface area contributed by atoms with Crippen molar-refractivity contribution in [1.29, 1.82) is 0 Å². The summed E-state index contributed by atoms with van der Waals surface area (Å²) < 4.78 is 0.965. The summed E-state index contributed by atoms with van der Waals surface area (Å²) in [4.78, 5) is 26.2. The first-order valence-corrected chi connectivity index (χ1v) is 6.26. The molecule has 0 aliphatic carbocycles. The Kier molecular flexibility index (Phi) is 3.54. The highest BCUT2D eigenvalue weighted by atomic mass is 127. The maximum atomic E-state index is 11.2. The number of hydrogen-bond acceptors (Lipinski definition) is 5. The molecule has 0 fully saturated rings. The summed E-state index contributed by atoms with van der Waals surface area (Å²) in [6.07, 6.45) is 3.42. The summed E-state index contributed by atoms with van der Waals surface area (Å²) >= 11 is 3.36. The van der Waals surface area contributed by atoms with Gasteiger partial charge in [-0.2, -0.15) is 0 Å². The fourth-order valence-corrected chi connectivity index (χ4v) is 2.04. The molecule has 5 nitrogen and oxygen atoms in total. The highest BCUT2D eigenvalue weighted by molar-refractivity contribution is 14.1. The van der Waals surface area contributed by atoms with Gasteiger partial charge in [0.2, 0.25) is 0 Å². The zero-order chi connectivity index (χ0) is 11.5. The molecular formula is C9H7IN4OS. The van der Waals surface area contributed by atoms with Gasteiger partial charge < -0.3 is 4.98 Å². The van der Waals surface area contributed by atoms with Crippen LogP contribution in [0.5, 0.6) is 0 Å². The third-order valence-electron chi connectivity index (χ3n) is 1.63. The second-order valence-corrected chi connectivity index (χ2v) is 5.18. The molecular weight excluding hydrogens is 339 g/mol. The SMILES string of the molecule is Cc1cc(=O)[nH]c(Sc2ncc(I)cn2)n1. The predicted molar refractivity (Wildman–Crippen MR) is 68.5 cm³/mol. The summed E-state index contributed by atoms with van der Waals surface area (Å²) in [5, 5.41) is 1.07. The smallest absolute Gasteiger partial charge is 0.251 e. The van der Waals surface area contributed by atoms with E-state index in [-0.39, 0.29) is 5.56 Å². The van der Waals surface area contributed by atoms with E-state index in [2.05, 4.69) is 42.5 Å². The minimum absolute atomic E-state index is 0.166. The van der Waals surface area contributed by atoms with Gasteiger partial charge in [0.15, 0.2) is 10.3 Å². The minimum atomic E-state index is -0.166. The molecule has 0 saturated heterocycles. The summed E-state index contributed by atoms with van der Waals surface area (Å²) in [5.41, 5.74) is 0.511. The van der Waals surface area contributed by atoms with Crippen LogP contribution in [0.25, 0.3) is 0 Å². The molecule has 2 aromatic rings. The van der Waals surface area contributed by atoms with Gasteiger partial charge in [0.05, 0.1) is 0 Å². The molecule has 0 unspecified atom stereocenters. The van der Waals surface area contributed by atoms with Gasteiger partial charge in [0.25, 0.3) is 5.56 Å². The molecule has 82 valence electrons. The van der Waals surface area contributed by atoms with Crippen LogP contribution in [0.3, 0.4) is 0 Å². The first-order valence-electron chi connectivity index (χ1n) is 4.37. The van der Waals surface area contributed by atoms with E-state index >= 15 is 0 Å². The molecule has 0 saturated carbocycles. The first-order chi connectivity index (χ1) is 7.63. The van der Waals surface area contributed by atoms with E-state index < -0.39 is 0 Å². The second kappa shape index (κ2) is 4.91. The summed E-state index contributed by atoms with van der Waals surface area (Å²) in [6, 6.07) is 1.44. The van der Waals surface area contributed by atoms with Gasteiger partial charge in [-0.1, -0.05) is 0 Å². The Morgan fingerprint density at radius 1 is 1.38 bits per heavy atom. The van der Waals surface area contributed by atoms with Crippen LogP contribution in [0.4, 0.5) is 0 Å². The van der Waals surface area contributed by atoms with Gasteiger partial charge in [-0.25, -0.2) is 15.0 Å². The summed E-state index contributed by atoms with van der Waals surface area (Å²) in [5.74, 6) is 0. The maximum Gasteiger partial charge on any atom is 0.251 e. The maximum absolute atomic E-state index is 11.2. The van der Waals surface area contributed by atoms with Crippen molar-refractivity contribution < 1.29 is 0 Å². The number of rotatable bonds is 2. The fraction of sp³-hybridized carbons (Fsp3) is 0.111. The van der Waals surface area contributed by atoms with Crippen molar-refractivity contribution in [1.82, 2.24) is 19.9 Å². The quantitative estimate of drug-likeness (QED) is 0.661. The number of nitrogens with zero attached hydrogens (tertiary/aromatic N) is 3. The number of H-pyrrole nitrogens is 1. The number of aromatic amines is 1. The Morgan fingerprint density at radius 2 is 2.06 bits per heavy atom. The van der Waals surface area contributed by atoms with Crippen LogP contribution in [0.1, 0.15) is 5.69 Å². The van der Waals surface area contributed by atoms with Crippen molar-refractivity contribution >= 4 is 34.4 Å². The van der Waals surface area contributed by atoms with Gasteiger partial charge >= 0.3 is 0 Å². The molecule has 2 heterocycles. The molecule has 0 aliphatic heterocycles. The van der Waals surface area contributed by atoms with Crippen molar-refractivity contribution in [2.24, 2.45) is 0 Å². The zero-order valence-corrected chi connectivity index (χ0v) is 11.2. The van der Waals surface area contributed by atoms with Crippen LogP contribution >= 0.6 is 34.4 Å². The largest absolute Gasteiger partial charge is 0.301 e. The molecule has 0 radical (unpaired) electrons. The van der Waals surface area contributed by atoms with Crippen LogP contribution in [-0.4, -0.2) is 19.9 Å². The van der Waals surface area contributed by atoms with Gasteiger partial charge in [-0.15, -0.1) is 0 Å². The molecule has 7 heteroatoms. The van der Waals surface area contributed by atoms with Gasteiger partial charge in [0, 0.05) is 27.7 Å². The molecule has 0 aliphatic rings. The first kappa shape index (κ1) is 11.5. The van der Waals surface area contributed by atoms with E-state index in [0.29, 0.717) is 16.0 Å². The van der Waals surface area contributed by atoms with E-state index in [1.165, 1.54) is 17.8 Å². The number of hydrogen-bond donors (Lipinski definition) is 1. The lowest BCUT2D eigenvalue weighted by Gasteiger charge is -1.99. The monoisotopic (exact) mass is 346 g/mol. The van der Waals surface area contributed by atoms with Crippen molar-refractivity contribution in [3.8, 4) is 0 Å². The Morgan fingerprint density at radius 3 is 2.69 bits per heavy atom. The van der Waals surface area contributed by atoms with Crippen molar-refractivity contribution in [2.45, 2.75) is 17.2 Å². The third kappa shape index (κ3) is 3.01. The predicted octanol–water partition coefficient (Wildman–Crippen LogP) is 1.62. The van der Waals surface area contributed by atoms with Gasteiger partial charge in [-0.05, 0) is 41.3 Å². The average Bonchev–Trinajstić information content (AvgIpc) is 2.20. The lowest BCUT2D eigenvalue weighted by Crippen LogP contribution is -2.08. The topological polar surface area (TPSA) is 71.5 Å². The highest BCUT2D eigenvalue weighted by Crippen LogP contribution is 2.19. The second-order valence-electron chi connectivity index (χ2n) is 2.98. The fourth-order valence-electron chi connectivity index (χ4n) is 1.04. The molecule has 0 spiro atoms. The van der Waals surface area contributed by atoms with Crippen molar-refractivity contribution in [3.63, 3.8) is 0 Å². The molecule has 2 aromatic heterocycles. The van der Waals surface area contributed by atoms with Crippen LogP contribution in [0.15, 0.2) is 33.6 Å². The molecule has 1 N–H and O–H groups in total. The number of aromatic nitrogens is 4. The zero-order valence-electron chi connectivity index (χ0n) is 8.27. The van der Waals surface area contributed by atoms with Crippen molar-refractivity contribution in [2.75, 3.05) is 0 Å². The van der Waals surface area contributed by atoms with E-state index in [9.17, 15) is 4.79 Å².